The number of benzene rings is 1. The van der Waals surface area contributed by atoms with E-state index in [2.05, 4.69) is 10.6 Å². The van der Waals surface area contributed by atoms with Crippen LogP contribution < -0.4 is 10.6 Å². The Balaban J connectivity index is 0.00000180. The Morgan fingerprint density at radius 2 is 2.00 bits per heavy atom. The lowest BCUT2D eigenvalue weighted by Gasteiger charge is -2.23. The highest BCUT2D eigenvalue weighted by Crippen LogP contribution is 2.12. The Morgan fingerprint density at radius 3 is 2.68 bits per heavy atom. The fourth-order valence-corrected chi connectivity index (χ4v) is 2.10. The van der Waals surface area contributed by atoms with Gasteiger partial charge in [-0.15, -0.1) is 12.4 Å². The molecule has 6 heteroatoms. The molecule has 0 unspecified atom stereocenters. The lowest BCUT2D eigenvalue weighted by molar-refractivity contribution is -0.121. The second-order valence-electron chi connectivity index (χ2n) is 4.48. The smallest absolute Gasteiger partial charge is 0.224 e. The van der Waals surface area contributed by atoms with Crippen molar-refractivity contribution < 1.29 is 13.6 Å². The summed E-state index contributed by atoms with van der Waals surface area (Å²) < 4.78 is 26.3. The standard InChI is InChI=1S/C13H16F2N2O.ClH/c14-11-3-1-2-9(13(11)15)8-12(18)17-10-4-6-16-7-5-10;/h1-3,10,16H,4-8H2,(H,17,18);1H. The lowest BCUT2D eigenvalue weighted by Crippen LogP contribution is -2.43. The van der Waals surface area contributed by atoms with Gasteiger partial charge in [0.2, 0.25) is 5.91 Å². The highest BCUT2D eigenvalue weighted by Gasteiger charge is 2.17. The van der Waals surface area contributed by atoms with E-state index in [1.165, 1.54) is 12.1 Å². The van der Waals surface area contributed by atoms with Gasteiger partial charge in [0, 0.05) is 11.6 Å². The van der Waals surface area contributed by atoms with E-state index in [4.69, 9.17) is 0 Å². The highest BCUT2D eigenvalue weighted by molar-refractivity contribution is 5.85. The molecule has 1 aromatic carbocycles. The monoisotopic (exact) mass is 290 g/mol. The van der Waals surface area contributed by atoms with Gasteiger partial charge in [-0.1, -0.05) is 12.1 Å². The number of hydrogen-bond donors (Lipinski definition) is 2. The van der Waals surface area contributed by atoms with Crippen molar-refractivity contribution in [2.45, 2.75) is 25.3 Å². The van der Waals surface area contributed by atoms with Gasteiger partial charge in [0.05, 0.1) is 6.42 Å². The fourth-order valence-electron chi connectivity index (χ4n) is 2.10. The number of nitrogens with one attached hydrogen (secondary N) is 2. The van der Waals surface area contributed by atoms with Gasteiger partial charge >= 0.3 is 0 Å². The Labute approximate surface area is 117 Å². The maximum atomic E-state index is 13.4. The van der Waals surface area contributed by atoms with E-state index in [1.807, 2.05) is 0 Å². The average Bonchev–Trinajstić information content (AvgIpc) is 2.36. The first-order valence-corrected chi connectivity index (χ1v) is 6.10. The van der Waals surface area contributed by atoms with E-state index in [9.17, 15) is 13.6 Å². The fraction of sp³-hybridized carbons (Fsp3) is 0.462. The molecule has 1 aliphatic rings. The van der Waals surface area contributed by atoms with Crippen molar-refractivity contribution in [2.75, 3.05) is 13.1 Å². The summed E-state index contributed by atoms with van der Waals surface area (Å²) in [6, 6.07) is 4.02. The third-order valence-corrected chi connectivity index (χ3v) is 3.09. The summed E-state index contributed by atoms with van der Waals surface area (Å²) >= 11 is 0. The van der Waals surface area contributed by atoms with Gasteiger partial charge in [-0.2, -0.15) is 0 Å². The molecule has 1 amide bonds. The van der Waals surface area contributed by atoms with E-state index in [0.29, 0.717) is 0 Å². The number of piperidine rings is 1. The second kappa shape index (κ2) is 7.40. The molecule has 106 valence electrons. The molecule has 0 radical (unpaired) electrons. The van der Waals surface area contributed by atoms with Crippen molar-refractivity contribution in [2.24, 2.45) is 0 Å². The normalized spacial score (nSPS) is 15.7. The molecule has 0 aromatic heterocycles. The number of carbonyl (C=O) groups excluding carboxylic acids is 1. The molecule has 0 spiro atoms. The molecular formula is C13H17ClF2N2O. The summed E-state index contributed by atoms with van der Waals surface area (Å²) in [6.45, 7) is 1.75. The average molecular weight is 291 g/mol. The maximum absolute atomic E-state index is 13.4. The summed E-state index contributed by atoms with van der Waals surface area (Å²) in [5.41, 5.74) is 0.0986. The SMILES string of the molecule is Cl.O=C(Cc1cccc(F)c1F)NC1CCNCC1. The molecule has 0 atom stereocenters. The molecule has 1 saturated heterocycles. The summed E-state index contributed by atoms with van der Waals surface area (Å²) in [4.78, 5) is 11.7. The Bertz CT molecular complexity index is 437. The summed E-state index contributed by atoms with van der Waals surface area (Å²) in [5, 5.41) is 6.04. The van der Waals surface area contributed by atoms with E-state index in [1.54, 1.807) is 0 Å². The first-order chi connectivity index (χ1) is 8.66. The number of hydrogen-bond acceptors (Lipinski definition) is 2. The van der Waals surface area contributed by atoms with E-state index in [-0.39, 0.29) is 36.3 Å². The van der Waals surface area contributed by atoms with Crippen LogP contribution in [0.15, 0.2) is 18.2 Å². The van der Waals surface area contributed by atoms with Crippen molar-refractivity contribution in [1.29, 1.82) is 0 Å². The molecular weight excluding hydrogens is 274 g/mol. The van der Waals surface area contributed by atoms with Crippen molar-refractivity contribution >= 4 is 18.3 Å². The molecule has 1 heterocycles. The van der Waals surface area contributed by atoms with Crippen LogP contribution in [0.3, 0.4) is 0 Å². The van der Waals surface area contributed by atoms with Crippen molar-refractivity contribution in [1.82, 2.24) is 10.6 Å². The maximum Gasteiger partial charge on any atom is 0.224 e. The van der Waals surface area contributed by atoms with Gasteiger partial charge in [-0.3, -0.25) is 4.79 Å². The van der Waals surface area contributed by atoms with Gasteiger partial charge in [-0.05, 0) is 32.0 Å². The zero-order chi connectivity index (χ0) is 13.0. The molecule has 19 heavy (non-hydrogen) atoms. The minimum atomic E-state index is -0.932. The zero-order valence-corrected chi connectivity index (χ0v) is 11.2. The summed E-state index contributed by atoms with van der Waals surface area (Å²) in [5.74, 6) is -2.11. The van der Waals surface area contributed by atoms with Crippen LogP contribution in [0.5, 0.6) is 0 Å². The third kappa shape index (κ3) is 4.44. The predicted octanol–water partition coefficient (Wildman–Crippen LogP) is 1.80. The van der Waals surface area contributed by atoms with Crippen LogP contribution in [0.1, 0.15) is 18.4 Å². The molecule has 0 aliphatic carbocycles. The third-order valence-electron chi connectivity index (χ3n) is 3.09. The minimum absolute atomic E-state index is 0. The van der Waals surface area contributed by atoms with Gasteiger partial charge in [0.1, 0.15) is 0 Å². The molecule has 2 rings (SSSR count). The lowest BCUT2D eigenvalue weighted by atomic mass is 10.1. The molecule has 0 saturated carbocycles. The van der Waals surface area contributed by atoms with Crippen LogP contribution in [0.2, 0.25) is 0 Å². The first kappa shape index (κ1) is 15.9. The number of amides is 1. The molecule has 3 nitrogen and oxygen atoms in total. The van der Waals surface area contributed by atoms with Crippen molar-refractivity contribution in [3.8, 4) is 0 Å². The molecule has 1 fully saturated rings. The van der Waals surface area contributed by atoms with Crippen molar-refractivity contribution in [3.05, 3.63) is 35.4 Å². The summed E-state index contributed by atoms with van der Waals surface area (Å²) in [6.07, 6.45) is 1.63. The van der Waals surface area contributed by atoms with Gasteiger partial charge in [-0.25, -0.2) is 8.78 Å². The minimum Gasteiger partial charge on any atom is -0.353 e. The molecule has 1 aliphatic heterocycles. The van der Waals surface area contributed by atoms with E-state index >= 15 is 0 Å². The predicted molar refractivity (Wildman–Crippen MR) is 71.3 cm³/mol. The zero-order valence-electron chi connectivity index (χ0n) is 10.4. The van der Waals surface area contributed by atoms with Crippen LogP contribution in [-0.4, -0.2) is 25.0 Å². The molecule has 2 N–H and O–H groups in total. The molecule has 1 aromatic rings. The summed E-state index contributed by atoms with van der Waals surface area (Å²) in [7, 11) is 0. The van der Waals surface area contributed by atoms with Gasteiger partial charge < -0.3 is 10.6 Å². The van der Waals surface area contributed by atoms with Crippen molar-refractivity contribution in [3.63, 3.8) is 0 Å². The second-order valence-corrected chi connectivity index (χ2v) is 4.48. The number of rotatable bonds is 3. The quantitative estimate of drug-likeness (QED) is 0.891. The van der Waals surface area contributed by atoms with E-state index in [0.717, 1.165) is 32.0 Å². The van der Waals surface area contributed by atoms with Crippen LogP contribution in [-0.2, 0) is 11.2 Å². The Hall–Kier alpha value is -1.20. The van der Waals surface area contributed by atoms with Crippen LogP contribution in [0, 0.1) is 11.6 Å². The number of halogens is 3. The topological polar surface area (TPSA) is 41.1 Å². The molecule has 0 bridgehead atoms. The van der Waals surface area contributed by atoms with Crippen LogP contribution in [0.4, 0.5) is 8.78 Å². The largest absolute Gasteiger partial charge is 0.353 e. The van der Waals surface area contributed by atoms with E-state index < -0.39 is 11.6 Å². The van der Waals surface area contributed by atoms with Crippen LogP contribution in [0.25, 0.3) is 0 Å². The Morgan fingerprint density at radius 1 is 1.32 bits per heavy atom. The first-order valence-electron chi connectivity index (χ1n) is 6.10. The highest BCUT2D eigenvalue weighted by atomic mass is 35.5. The number of carbonyl (C=O) groups is 1. The van der Waals surface area contributed by atoms with Crippen LogP contribution >= 0.6 is 12.4 Å². The van der Waals surface area contributed by atoms with Gasteiger partial charge in [0.15, 0.2) is 11.6 Å². The van der Waals surface area contributed by atoms with Gasteiger partial charge in [0.25, 0.3) is 0 Å². The Kier molecular flexibility index (Phi) is 6.18.